The van der Waals surface area contributed by atoms with E-state index in [0.717, 1.165) is 5.56 Å². The highest BCUT2D eigenvalue weighted by Gasteiger charge is 2.30. The van der Waals surface area contributed by atoms with E-state index in [1.165, 1.54) is 15.3 Å². The first kappa shape index (κ1) is 23.9. The number of urea groups is 1. The predicted molar refractivity (Wildman–Crippen MR) is 116 cm³/mol. The van der Waals surface area contributed by atoms with E-state index in [2.05, 4.69) is 10.1 Å². The smallest absolute Gasteiger partial charge is 0.387 e. The van der Waals surface area contributed by atoms with Crippen LogP contribution >= 0.6 is 0 Å². The van der Waals surface area contributed by atoms with Crippen LogP contribution in [0.1, 0.15) is 30.9 Å². The molecule has 0 spiro atoms. The van der Waals surface area contributed by atoms with Crippen molar-refractivity contribution in [3.8, 4) is 5.75 Å². The van der Waals surface area contributed by atoms with E-state index in [0.29, 0.717) is 11.5 Å². The standard InChI is InChI=1S/C22H27F2N3O4S/c1-16(2)17-7-9-19(10-8-17)32(29,30)27-13-11-26(12-14-27)22(28)25-15-18-5-3-4-6-20(18)31-21(23)24/h3-10,16,21H,11-15H2,1-2H3,(H,25,28). The number of hydrogen-bond donors (Lipinski definition) is 1. The third-order valence-corrected chi connectivity index (χ3v) is 7.24. The van der Waals surface area contributed by atoms with Gasteiger partial charge in [0.2, 0.25) is 10.0 Å². The van der Waals surface area contributed by atoms with Crippen molar-refractivity contribution in [2.45, 2.75) is 37.8 Å². The second-order valence-electron chi connectivity index (χ2n) is 7.76. The molecular formula is C22H27F2N3O4S. The molecule has 1 heterocycles. The van der Waals surface area contributed by atoms with Gasteiger partial charge in [-0.2, -0.15) is 13.1 Å². The zero-order valence-corrected chi connectivity index (χ0v) is 18.8. The van der Waals surface area contributed by atoms with Crippen molar-refractivity contribution in [1.29, 1.82) is 0 Å². The molecule has 0 saturated carbocycles. The molecule has 0 aliphatic carbocycles. The van der Waals surface area contributed by atoms with Crippen molar-refractivity contribution >= 4 is 16.1 Å². The monoisotopic (exact) mass is 467 g/mol. The second-order valence-corrected chi connectivity index (χ2v) is 9.70. The average molecular weight is 468 g/mol. The zero-order chi connectivity index (χ0) is 23.3. The van der Waals surface area contributed by atoms with E-state index < -0.39 is 22.7 Å². The van der Waals surface area contributed by atoms with Gasteiger partial charge in [0, 0.05) is 38.3 Å². The van der Waals surface area contributed by atoms with Crippen LogP contribution in [0.25, 0.3) is 0 Å². The lowest BCUT2D eigenvalue weighted by Gasteiger charge is -2.34. The number of halogens is 2. The van der Waals surface area contributed by atoms with Crippen LogP contribution in [0, 0.1) is 0 Å². The molecule has 32 heavy (non-hydrogen) atoms. The van der Waals surface area contributed by atoms with Crippen molar-refractivity contribution in [3.05, 3.63) is 59.7 Å². The number of amides is 2. The first-order valence-corrected chi connectivity index (χ1v) is 11.8. The summed E-state index contributed by atoms with van der Waals surface area (Å²) < 4.78 is 56.7. The number of rotatable bonds is 7. The number of ether oxygens (including phenoxy) is 1. The topological polar surface area (TPSA) is 79.0 Å². The molecule has 2 amide bonds. The van der Waals surface area contributed by atoms with Gasteiger partial charge in [-0.05, 0) is 29.7 Å². The maximum absolute atomic E-state index is 12.9. The molecule has 1 aliphatic heterocycles. The summed E-state index contributed by atoms with van der Waals surface area (Å²) in [6.45, 7) is 1.94. The molecule has 2 aromatic carbocycles. The zero-order valence-electron chi connectivity index (χ0n) is 18.0. The van der Waals surface area contributed by atoms with E-state index in [-0.39, 0.29) is 43.4 Å². The summed E-state index contributed by atoms with van der Waals surface area (Å²) in [7, 11) is -3.64. The van der Waals surface area contributed by atoms with Gasteiger partial charge in [0.25, 0.3) is 0 Å². The number of hydrogen-bond acceptors (Lipinski definition) is 4. The van der Waals surface area contributed by atoms with Crippen LogP contribution in [0.15, 0.2) is 53.4 Å². The summed E-state index contributed by atoms with van der Waals surface area (Å²) in [4.78, 5) is 14.2. The van der Waals surface area contributed by atoms with Crippen LogP contribution in [0.2, 0.25) is 0 Å². The lowest BCUT2D eigenvalue weighted by atomic mass is 10.0. The summed E-state index contributed by atoms with van der Waals surface area (Å²) in [5.41, 5.74) is 1.48. The molecule has 0 aromatic heterocycles. The van der Waals surface area contributed by atoms with Gasteiger partial charge in [0.15, 0.2) is 0 Å². The molecule has 0 atom stereocenters. The lowest BCUT2D eigenvalue weighted by molar-refractivity contribution is -0.0504. The van der Waals surface area contributed by atoms with Crippen LogP contribution < -0.4 is 10.1 Å². The minimum absolute atomic E-state index is 0.00204. The highest BCUT2D eigenvalue weighted by molar-refractivity contribution is 7.89. The molecule has 3 rings (SSSR count). The minimum atomic E-state index is -3.64. The van der Waals surface area contributed by atoms with E-state index in [1.54, 1.807) is 30.3 Å². The van der Waals surface area contributed by atoms with Crippen LogP contribution in [-0.2, 0) is 16.6 Å². The molecule has 0 bridgehead atoms. The Morgan fingerprint density at radius 3 is 2.25 bits per heavy atom. The van der Waals surface area contributed by atoms with Crippen molar-refractivity contribution in [1.82, 2.24) is 14.5 Å². The molecule has 0 radical (unpaired) electrons. The second kappa shape index (κ2) is 10.3. The Kier molecular flexibility index (Phi) is 7.68. The lowest BCUT2D eigenvalue weighted by Crippen LogP contribution is -2.52. The summed E-state index contributed by atoms with van der Waals surface area (Å²) in [6.07, 6.45) is 0. The van der Waals surface area contributed by atoms with Gasteiger partial charge in [-0.25, -0.2) is 13.2 Å². The Hall–Kier alpha value is -2.72. The first-order chi connectivity index (χ1) is 15.2. The molecule has 1 aliphatic rings. The van der Waals surface area contributed by atoms with Crippen LogP contribution in [0.5, 0.6) is 5.75 Å². The number of carbonyl (C=O) groups is 1. The maximum Gasteiger partial charge on any atom is 0.387 e. The highest BCUT2D eigenvalue weighted by Crippen LogP contribution is 2.22. The van der Waals surface area contributed by atoms with E-state index in [9.17, 15) is 22.0 Å². The number of alkyl halides is 2. The molecule has 1 N–H and O–H groups in total. The number of benzene rings is 2. The summed E-state index contributed by atoms with van der Waals surface area (Å²) in [5, 5.41) is 2.68. The summed E-state index contributed by atoms with van der Waals surface area (Å²) in [6, 6.07) is 12.7. The van der Waals surface area contributed by atoms with Gasteiger partial charge < -0.3 is 15.0 Å². The summed E-state index contributed by atoms with van der Waals surface area (Å²) >= 11 is 0. The molecular weight excluding hydrogens is 440 g/mol. The summed E-state index contributed by atoms with van der Waals surface area (Å²) in [5.74, 6) is 0.310. The van der Waals surface area contributed by atoms with Crippen molar-refractivity contribution < 1.29 is 26.7 Å². The van der Waals surface area contributed by atoms with Gasteiger partial charge in [0.1, 0.15) is 5.75 Å². The fourth-order valence-corrected chi connectivity index (χ4v) is 4.87. The quantitative estimate of drug-likeness (QED) is 0.675. The number of para-hydroxylation sites is 1. The van der Waals surface area contributed by atoms with E-state index in [1.807, 2.05) is 26.0 Å². The highest BCUT2D eigenvalue weighted by atomic mass is 32.2. The number of carbonyl (C=O) groups excluding carboxylic acids is 1. The molecule has 2 aromatic rings. The Labute approximate surface area is 187 Å². The van der Waals surface area contributed by atoms with Gasteiger partial charge in [-0.1, -0.05) is 44.2 Å². The molecule has 1 fully saturated rings. The fraction of sp³-hybridized carbons (Fsp3) is 0.409. The first-order valence-electron chi connectivity index (χ1n) is 10.3. The molecule has 0 unspecified atom stereocenters. The number of piperazine rings is 1. The minimum Gasteiger partial charge on any atom is -0.434 e. The SMILES string of the molecule is CC(C)c1ccc(S(=O)(=O)N2CCN(C(=O)NCc3ccccc3OC(F)F)CC2)cc1. The number of nitrogens with one attached hydrogen (secondary N) is 1. The van der Waals surface area contributed by atoms with Crippen LogP contribution in [0.3, 0.4) is 0 Å². The average Bonchev–Trinajstić information content (AvgIpc) is 2.78. The van der Waals surface area contributed by atoms with Crippen LogP contribution in [0.4, 0.5) is 13.6 Å². The van der Waals surface area contributed by atoms with Crippen LogP contribution in [-0.4, -0.2) is 56.4 Å². The van der Waals surface area contributed by atoms with Gasteiger partial charge >= 0.3 is 12.6 Å². The Morgan fingerprint density at radius 2 is 1.66 bits per heavy atom. The molecule has 1 saturated heterocycles. The van der Waals surface area contributed by atoms with Crippen molar-refractivity contribution in [2.75, 3.05) is 26.2 Å². The maximum atomic E-state index is 12.9. The Morgan fingerprint density at radius 1 is 1.03 bits per heavy atom. The number of sulfonamides is 1. The fourth-order valence-electron chi connectivity index (χ4n) is 3.45. The van der Waals surface area contributed by atoms with Crippen molar-refractivity contribution in [2.24, 2.45) is 0 Å². The normalized spacial score (nSPS) is 15.2. The predicted octanol–water partition coefficient (Wildman–Crippen LogP) is 3.63. The third-order valence-electron chi connectivity index (χ3n) is 5.33. The van der Waals surface area contributed by atoms with Gasteiger partial charge in [-0.3, -0.25) is 0 Å². The number of nitrogens with zero attached hydrogens (tertiary/aromatic N) is 2. The molecule has 7 nitrogen and oxygen atoms in total. The van der Waals surface area contributed by atoms with E-state index in [4.69, 9.17) is 0 Å². The van der Waals surface area contributed by atoms with Gasteiger partial charge in [0.05, 0.1) is 4.90 Å². The van der Waals surface area contributed by atoms with Crippen molar-refractivity contribution in [3.63, 3.8) is 0 Å². The van der Waals surface area contributed by atoms with Gasteiger partial charge in [-0.15, -0.1) is 0 Å². The largest absolute Gasteiger partial charge is 0.434 e. The molecule has 174 valence electrons. The Balaban J connectivity index is 1.55. The van der Waals surface area contributed by atoms with E-state index >= 15 is 0 Å². The third kappa shape index (κ3) is 5.74. The molecule has 10 heteroatoms. The Bertz CT molecular complexity index is 1020.